The maximum absolute atomic E-state index is 5.84. The average molecular weight is 371 g/mol. The number of rotatable bonds is 0. The van der Waals surface area contributed by atoms with Gasteiger partial charge in [-0.1, -0.05) is 11.6 Å². The minimum Gasteiger partial charge on any atom is -0.302 e. The molecule has 1 spiro atoms. The number of halogens is 5. The Morgan fingerprint density at radius 3 is 2.07 bits per heavy atom. The first kappa shape index (κ1) is 13.5. The molecule has 5 nitrogen and oxygen atoms in total. The average Bonchev–Trinajstić information content (AvgIpc) is 2.23. The van der Waals surface area contributed by atoms with Gasteiger partial charge >= 0.3 is 7.66 Å². The van der Waals surface area contributed by atoms with Gasteiger partial charge in [-0.05, 0) is 45.0 Å². The van der Waals surface area contributed by atoms with Crippen LogP contribution in [0.15, 0.2) is 13.5 Å². The van der Waals surface area contributed by atoms with Gasteiger partial charge in [0.2, 0.25) is 0 Å². The third-order valence-corrected chi connectivity index (χ3v) is 12.8. The lowest BCUT2D eigenvalue weighted by molar-refractivity contribution is 0.325. The molecule has 0 aromatic carbocycles. The summed E-state index contributed by atoms with van der Waals surface area (Å²) in [5, 5.41) is 0. The van der Waals surface area contributed by atoms with Crippen molar-refractivity contribution in [3.63, 3.8) is 0 Å². The Balaban J connectivity index is 2.58. The molecule has 2 atom stereocenters. The zero-order valence-electron chi connectivity index (χ0n) is 6.67. The summed E-state index contributed by atoms with van der Waals surface area (Å²) in [6, 6.07) is 0. The van der Waals surface area contributed by atoms with Crippen molar-refractivity contribution >= 4 is 76.0 Å². The van der Waals surface area contributed by atoms with E-state index in [-0.39, 0.29) is 6.61 Å². The first-order chi connectivity index (χ1) is 6.72. The Kier molecular flexibility index (Phi) is 3.88. The quantitative estimate of drug-likeness (QED) is 0.365. The van der Waals surface area contributed by atoms with Gasteiger partial charge in [0.25, 0.3) is 11.8 Å². The summed E-state index contributed by atoms with van der Waals surface area (Å²) in [7, 11) is -2.94. The first-order valence-electron chi connectivity index (χ1n) is 3.39. The summed E-state index contributed by atoms with van der Waals surface area (Å²) in [5.41, 5.74) is -0.648. The van der Waals surface area contributed by atoms with Crippen LogP contribution in [0.3, 0.4) is 0 Å². The fourth-order valence-corrected chi connectivity index (χ4v) is 15.3. The SMILES string of the molecule is ClC1COP2(=NP(Cl)(Cl)=NP(Cl)(Cl)=N2)O1. The van der Waals surface area contributed by atoms with Crippen molar-refractivity contribution in [1.29, 1.82) is 0 Å². The molecule has 0 aromatic rings. The van der Waals surface area contributed by atoms with E-state index in [1.807, 2.05) is 0 Å². The van der Waals surface area contributed by atoms with E-state index in [2.05, 4.69) is 13.5 Å². The molecule has 2 heterocycles. The Morgan fingerprint density at radius 1 is 1.00 bits per heavy atom. The van der Waals surface area contributed by atoms with Crippen molar-refractivity contribution < 1.29 is 9.05 Å². The van der Waals surface area contributed by atoms with Crippen LogP contribution >= 0.6 is 76.0 Å². The van der Waals surface area contributed by atoms with Gasteiger partial charge in [0, 0.05) is 0 Å². The standard InChI is InChI=1S/C2H3Cl5N3O2P3/c3-2-1-11-15(12-2)9-13(4,5)8-14(6,7)10-15/h2H,1H2. The van der Waals surface area contributed by atoms with Crippen LogP contribution in [0.1, 0.15) is 0 Å². The van der Waals surface area contributed by atoms with Gasteiger partial charge in [-0.25, -0.2) is 0 Å². The van der Waals surface area contributed by atoms with Gasteiger partial charge in [0.15, 0.2) is 5.56 Å². The summed E-state index contributed by atoms with van der Waals surface area (Å²) in [6.07, 6.45) is 0. The summed E-state index contributed by atoms with van der Waals surface area (Å²) >= 11 is 29.1. The molecule has 0 N–H and O–H groups in total. The van der Waals surface area contributed by atoms with Crippen LogP contribution in [0.5, 0.6) is 0 Å². The molecule has 2 aliphatic rings. The largest absolute Gasteiger partial charge is 0.347 e. The van der Waals surface area contributed by atoms with Crippen molar-refractivity contribution in [1.82, 2.24) is 0 Å². The van der Waals surface area contributed by atoms with Gasteiger partial charge in [-0.15, -0.1) is 0 Å². The fraction of sp³-hybridized carbons (Fsp3) is 1.00. The van der Waals surface area contributed by atoms with Crippen LogP contribution < -0.4 is 0 Å². The lowest BCUT2D eigenvalue weighted by Gasteiger charge is -2.20. The maximum Gasteiger partial charge on any atom is 0.347 e. The smallest absolute Gasteiger partial charge is 0.302 e. The molecule has 0 aromatic heterocycles. The number of nitrogens with zero attached hydrogens (tertiary/aromatic N) is 3. The predicted molar refractivity (Wildman–Crippen MR) is 68.1 cm³/mol. The van der Waals surface area contributed by atoms with E-state index >= 15 is 0 Å². The van der Waals surface area contributed by atoms with Crippen molar-refractivity contribution in [3.8, 4) is 0 Å². The molecule has 0 radical (unpaired) electrons. The van der Waals surface area contributed by atoms with E-state index in [0.717, 1.165) is 0 Å². The molecule has 88 valence electrons. The second-order valence-electron chi connectivity index (χ2n) is 2.48. The molecule has 15 heavy (non-hydrogen) atoms. The lowest BCUT2D eigenvalue weighted by Crippen LogP contribution is -1.95. The Bertz CT molecular complexity index is 443. The summed E-state index contributed by atoms with van der Waals surface area (Å²) in [5.74, 6) is -5.94. The fourth-order valence-electron chi connectivity index (χ4n) is 0.914. The van der Waals surface area contributed by atoms with E-state index < -0.39 is 25.0 Å². The molecule has 1 fully saturated rings. The van der Waals surface area contributed by atoms with Gasteiger partial charge in [0.05, 0.1) is 6.61 Å². The molecule has 1 saturated heterocycles. The normalized spacial score (nSPS) is 41.8. The highest BCUT2D eigenvalue weighted by atomic mass is 35.9. The number of alkyl halides is 1. The summed E-state index contributed by atoms with van der Waals surface area (Å²) in [4.78, 5) is 0. The molecule has 13 heteroatoms. The van der Waals surface area contributed by atoms with Crippen LogP contribution in [-0.2, 0) is 9.05 Å². The number of hydrogen-bond donors (Lipinski definition) is 0. The molecular formula is C2H3Cl5N3O2P3. The van der Waals surface area contributed by atoms with Crippen molar-refractivity contribution in [3.05, 3.63) is 0 Å². The highest BCUT2D eigenvalue weighted by Gasteiger charge is 2.41. The molecule has 0 aliphatic carbocycles. The monoisotopic (exact) mass is 369 g/mol. The molecule has 0 saturated carbocycles. The van der Waals surface area contributed by atoms with Crippen LogP contribution in [0.25, 0.3) is 0 Å². The summed E-state index contributed by atoms with van der Waals surface area (Å²) in [6.45, 7) is 0.143. The molecule has 0 bridgehead atoms. The highest BCUT2D eigenvalue weighted by molar-refractivity contribution is 8.20. The third-order valence-electron chi connectivity index (χ3n) is 1.28. The zero-order valence-corrected chi connectivity index (χ0v) is 13.1. The molecule has 2 unspecified atom stereocenters. The van der Waals surface area contributed by atoms with Crippen molar-refractivity contribution in [2.45, 2.75) is 5.56 Å². The Morgan fingerprint density at radius 2 is 1.60 bits per heavy atom. The molecule has 2 aliphatic heterocycles. The minimum absolute atomic E-state index is 0.143. The van der Waals surface area contributed by atoms with Crippen molar-refractivity contribution in [2.24, 2.45) is 13.5 Å². The molecule has 2 rings (SSSR count). The summed E-state index contributed by atoms with van der Waals surface area (Å²) < 4.78 is 22.1. The Hall–Kier alpha value is 2.06. The van der Waals surface area contributed by atoms with Gasteiger partial charge in [-0.3, -0.25) is 4.52 Å². The highest BCUT2D eigenvalue weighted by Crippen LogP contribution is 2.86. The topological polar surface area (TPSA) is 55.5 Å². The van der Waals surface area contributed by atoms with E-state index in [4.69, 9.17) is 65.6 Å². The van der Waals surface area contributed by atoms with Crippen LogP contribution in [0.2, 0.25) is 0 Å². The van der Waals surface area contributed by atoms with E-state index in [1.165, 1.54) is 0 Å². The second-order valence-corrected chi connectivity index (χ2v) is 15.1. The maximum atomic E-state index is 5.84. The van der Waals surface area contributed by atoms with Gasteiger partial charge in [0.1, 0.15) is 0 Å². The van der Waals surface area contributed by atoms with Gasteiger partial charge in [-0.2, -0.15) is 13.5 Å². The molecular weight excluding hydrogens is 368 g/mol. The minimum atomic E-state index is -2.97. The van der Waals surface area contributed by atoms with Crippen molar-refractivity contribution in [2.75, 3.05) is 6.61 Å². The lowest BCUT2D eigenvalue weighted by atomic mass is 10.8. The van der Waals surface area contributed by atoms with Crippen LogP contribution in [-0.4, -0.2) is 12.2 Å². The van der Waals surface area contributed by atoms with Crippen LogP contribution in [0.4, 0.5) is 0 Å². The third kappa shape index (κ3) is 3.29. The van der Waals surface area contributed by atoms with Gasteiger partial charge < -0.3 is 4.52 Å². The Labute approximate surface area is 110 Å². The van der Waals surface area contributed by atoms with Crippen LogP contribution in [0, 0.1) is 0 Å². The zero-order chi connectivity index (χ0) is 11.3. The first-order valence-corrected chi connectivity index (χ1v) is 12.4. The van der Waals surface area contributed by atoms with E-state index in [1.54, 1.807) is 0 Å². The van der Waals surface area contributed by atoms with E-state index in [9.17, 15) is 0 Å². The second kappa shape index (κ2) is 4.31. The molecule has 0 amide bonds. The predicted octanol–water partition coefficient (Wildman–Crippen LogP) is 6.41. The van der Waals surface area contributed by atoms with E-state index in [0.29, 0.717) is 0 Å². The number of hydrogen-bond acceptors (Lipinski definition) is 5.